The average Bonchev–Trinajstić information content (AvgIpc) is 2.60. The van der Waals surface area contributed by atoms with Crippen LogP contribution in [0.3, 0.4) is 0 Å². The molecule has 0 radical (unpaired) electrons. The summed E-state index contributed by atoms with van der Waals surface area (Å²) in [6.45, 7) is -0.234. The summed E-state index contributed by atoms with van der Waals surface area (Å²) in [4.78, 5) is 10.6. The largest absolute Gasteiger partial charge is 0.480 e. The average molecular weight is 296 g/mol. The van der Waals surface area contributed by atoms with Crippen LogP contribution >= 0.6 is 15.9 Å². The summed E-state index contributed by atoms with van der Waals surface area (Å²) in [5.41, 5.74) is 7.24. The van der Waals surface area contributed by atoms with Crippen molar-refractivity contribution in [2.75, 3.05) is 5.73 Å². The van der Waals surface area contributed by atoms with Crippen LogP contribution in [0.15, 0.2) is 34.8 Å². The van der Waals surface area contributed by atoms with Gasteiger partial charge in [-0.05, 0) is 12.1 Å². The van der Waals surface area contributed by atoms with Crippen molar-refractivity contribution in [3.63, 3.8) is 0 Å². The Morgan fingerprint density at radius 3 is 2.65 bits per heavy atom. The number of aliphatic carboxylic acids is 1. The highest BCUT2D eigenvalue weighted by Gasteiger charge is 2.09. The molecular formula is C11H10BrN3O2. The fourth-order valence-electron chi connectivity index (χ4n) is 1.45. The molecule has 1 aromatic heterocycles. The van der Waals surface area contributed by atoms with E-state index in [4.69, 9.17) is 10.8 Å². The second kappa shape index (κ2) is 4.58. The van der Waals surface area contributed by atoms with Gasteiger partial charge in [0.05, 0.1) is 5.69 Å². The number of rotatable bonds is 3. The number of halogens is 1. The Bertz CT molecular complexity index is 548. The van der Waals surface area contributed by atoms with Crippen molar-refractivity contribution in [1.82, 2.24) is 9.78 Å². The number of nitrogen functional groups attached to an aromatic ring is 1. The van der Waals surface area contributed by atoms with Crippen LogP contribution < -0.4 is 5.73 Å². The number of hydrogen-bond donors (Lipinski definition) is 2. The van der Waals surface area contributed by atoms with Gasteiger partial charge in [-0.3, -0.25) is 4.79 Å². The highest BCUT2D eigenvalue weighted by Crippen LogP contribution is 2.22. The van der Waals surface area contributed by atoms with Gasteiger partial charge in [0.2, 0.25) is 0 Å². The summed E-state index contributed by atoms with van der Waals surface area (Å²) in [5, 5.41) is 12.8. The van der Waals surface area contributed by atoms with Gasteiger partial charge in [-0.25, -0.2) is 4.68 Å². The first-order valence-corrected chi connectivity index (χ1v) is 5.66. The Hall–Kier alpha value is -1.82. The number of anilines is 1. The predicted molar refractivity (Wildman–Crippen MR) is 67.4 cm³/mol. The molecule has 2 rings (SSSR count). The summed E-state index contributed by atoms with van der Waals surface area (Å²) in [6.07, 6.45) is 0. The molecule has 1 heterocycles. The van der Waals surface area contributed by atoms with Crippen LogP contribution in [0.5, 0.6) is 0 Å². The minimum Gasteiger partial charge on any atom is -0.480 e. The third-order valence-electron chi connectivity index (χ3n) is 2.24. The molecule has 17 heavy (non-hydrogen) atoms. The van der Waals surface area contributed by atoms with E-state index in [0.717, 1.165) is 10.0 Å². The molecule has 0 amide bonds. The van der Waals surface area contributed by atoms with Gasteiger partial charge in [0, 0.05) is 16.1 Å². The number of carbonyl (C=O) groups is 1. The minimum atomic E-state index is -0.970. The molecule has 1 aromatic carbocycles. The summed E-state index contributed by atoms with van der Waals surface area (Å²) in [7, 11) is 0. The molecule has 6 heteroatoms. The Kier molecular flexibility index (Phi) is 3.14. The number of nitrogens with two attached hydrogens (primary N) is 1. The van der Waals surface area contributed by atoms with Crippen LogP contribution in [0.25, 0.3) is 11.3 Å². The molecule has 0 aliphatic rings. The molecule has 0 fully saturated rings. The van der Waals surface area contributed by atoms with Crippen LogP contribution in [-0.4, -0.2) is 20.9 Å². The Morgan fingerprint density at radius 1 is 1.41 bits per heavy atom. The molecule has 0 aliphatic carbocycles. The van der Waals surface area contributed by atoms with E-state index in [1.165, 1.54) is 4.68 Å². The van der Waals surface area contributed by atoms with Crippen LogP contribution in [-0.2, 0) is 11.3 Å². The molecule has 0 unspecified atom stereocenters. The second-order valence-electron chi connectivity index (χ2n) is 3.51. The molecule has 0 saturated heterocycles. The monoisotopic (exact) mass is 295 g/mol. The molecule has 3 N–H and O–H groups in total. The maximum Gasteiger partial charge on any atom is 0.325 e. The molecule has 0 aliphatic heterocycles. The lowest BCUT2D eigenvalue weighted by Crippen LogP contribution is -2.12. The Balaban J connectivity index is 2.34. The van der Waals surface area contributed by atoms with Crippen molar-refractivity contribution in [2.45, 2.75) is 6.54 Å². The Morgan fingerprint density at radius 2 is 2.06 bits per heavy atom. The van der Waals surface area contributed by atoms with Crippen LogP contribution in [0.1, 0.15) is 0 Å². The lowest BCUT2D eigenvalue weighted by Gasteiger charge is -1.98. The van der Waals surface area contributed by atoms with Gasteiger partial charge in [0.1, 0.15) is 12.4 Å². The van der Waals surface area contributed by atoms with Gasteiger partial charge in [-0.2, -0.15) is 5.10 Å². The van der Waals surface area contributed by atoms with E-state index in [1.54, 1.807) is 6.07 Å². The normalized spacial score (nSPS) is 10.4. The number of carboxylic acid groups (broad SMARTS) is 1. The highest BCUT2D eigenvalue weighted by molar-refractivity contribution is 9.10. The summed E-state index contributed by atoms with van der Waals surface area (Å²) >= 11 is 3.34. The first kappa shape index (κ1) is 11.7. The van der Waals surface area contributed by atoms with E-state index in [2.05, 4.69) is 21.0 Å². The quantitative estimate of drug-likeness (QED) is 0.907. The van der Waals surface area contributed by atoms with Crippen molar-refractivity contribution in [2.24, 2.45) is 0 Å². The topological polar surface area (TPSA) is 81.1 Å². The zero-order valence-electron chi connectivity index (χ0n) is 8.80. The van der Waals surface area contributed by atoms with Crippen LogP contribution in [0, 0.1) is 0 Å². The summed E-state index contributed by atoms with van der Waals surface area (Å²) in [6, 6.07) is 9.21. The van der Waals surface area contributed by atoms with E-state index in [0.29, 0.717) is 11.5 Å². The number of hydrogen-bond acceptors (Lipinski definition) is 3. The molecule has 0 bridgehead atoms. The first-order valence-electron chi connectivity index (χ1n) is 4.87. The highest BCUT2D eigenvalue weighted by atomic mass is 79.9. The van der Waals surface area contributed by atoms with E-state index in [-0.39, 0.29) is 6.54 Å². The van der Waals surface area contributed by atoms with E-state index in [9.17, 15) is 4.79 Å². The summed E-state index contributed by atoms with van der Waals surface area (Å²) < 4.78 is 2.24. The third kappa shape index (κ3) is 2.65. The Labute approximate surface area is 106 Å². The first-order chi connectivity index (χ1) is 8.06. The predicted octanol–water partition coefficient (Wildman–Crippen LogP) is 1.98. The van der Waals surface area contributed by atoms with Crippen molar-refractivity contribution >= 4 is 27.7 Å². The molecule has 0 atom stereocenters. The molecule has 0 saturated carbocycles. The smallest absolute Gasteiger partial charge is 0.325 e. The molecule has 0 spiro atoms. The van der Waals surface area contributed by atoms with Crippen LogP contribution in [0.2, 0.25) is 0 Å². The lowest BCUT2D eigenvalue weighted by atomic mass is 10.2. The zero-order chi connectivity index (χ0) is 12.4. The van der Waals surface area contributed by atoms with Crippen LogP contribution in [0.4, 0.5) is 5.82 Å². The van der Waals surface area contributed by atoms with Crippen molar-refractivity contribution in [3.05, 3.63) is 34.8 Å². The number of aromatic nitrogens is 2. The zero-order valence-corrected chi connectivity index (χ0v) is 10.4. The minimum absolute atomic E-state index is 0.234. The molecule has 2 aromatic rings. The summed E-state index contributed by atoms with van der Waals surface area (Å²) in [5.74, 6) is -0.632. The maximum atomic E-state index is 10.6. The van der Waals surface area contributed by atoms with Gasteiger partial charge in [0.15, 0.2) is 0 Å². The van der Waals surface area contributed by atoms with Gasteiger partial charge in [-0.1, -0.05) is 28.1 Å². The van der Waals surface area contributed by atoms with Crippen molar-refractivity contribution in [1.29, 1.82) is 0 Å². The van der Waals surface area contributed by atoms with Gasteiger partial charge in [0.25, 0.3) is 0 Å². The van der Waals surface area contributed by atoms with Gasteiger partial charge >= 0.3 is 5.97 Å². The second-order valence-corrected chi connectivity index (χ2v) is 4.43. The van der Waals surface area contributed by atoms with E-state index >= 15 is 0 Å². The van der Waals surface area contributed by atoms with Gasteiger partial charge in [-0.15, -0.1) is 0 Å². The standard InChI is InChI=1S/C11H10BrN3O2/c12-8-3-1-7(2-4-8)9-5-10(13)15(14-9)6-11(16)17/h1-5H,6,13H2,(H,16,17). The lowest BCUT2D eigenvalue weighted by molar-refractivity contribution is -0.137. The number of nitrogens with zero attached hydrogens (tertiary/aromatic N) is 2. The fraction of sp³-hybridized carbons (Fsp3) is 0.0909. The van der Waals surface area contributed by atoms with E-state index < -0.39 is 5.97 Å². The van der Waals surface area contributed by atoms with Gasteiger partial charge < -0.3 is 10.8 Å². The third-order valence-corrected chi connectivity index (χ3v) is 2.76. The molecule has 5 nitrogen and oxygen atoms in total. The molecular weight excluding hydrogens is 286 g/mol. The van der Waals surface area contributed by atoms with E-state index in [1.807, 2.05) is 24.3 Å². The maximum absolute atomic E-state index is 10.6. The molecule has 88 valence electrons. The van der Waals surface area contributed by atoms with Crippen molar-refractivity contribution in [3.8, 4) is 11.3 Å². The van der Waals surface area contributed by atoms with Crippen molar-refractivity contribution < 1.29 is 9.90 Å². The fourth-order valence-corrected chi connectivity index (χ4v) is 1.71. The SMILES string of the molecule is Nc1cc(-c2ccc(Br)cc2)nn1CC(=O)O. The number of carboxylic acids is 1. The number of benzene rings is 1.